The summed E-state index contributed by atoms with van der Waals surface area (Å²) in [6.45, 7) is 1.55. The van der Waals surface area contributed by atoms with Crippen LogP contribution in [0.25, 0.3) is 17.0 Å². The van der Waals surface area contributed by atoms with Crippen molar-refractivity contribution in [1.82, 2.24) is 30.3 Å². The molecule has 202 valence electrons. The summed E-state index contributed by atoms with van der Waals surface area (Å²) in [6, 6.07) is 6.52. The number of benzene rings is 2. The van der Waals surface area contributed by atoms with E-state index in [0.29, 0.717) is 44.3 Å². The summed E-state index contributed by atoms with van der Waals surface area (Å²) in [5, 5.41) is 14.4. The van der Waals surface area contributed by atoms with Crippen LogP contribution in [0.5, 0.6) is 0 Å². The van der Waals surface area contributed by atoms with Crippen LogP contribution in [0.2, 0.25) is 0 Å². The molecule has 0 atom stereocenters. The molecular formula is C24H17F6N7OS. The van der Waals surface area contributed by atoms with Gasteiger partial charge in [0, 0.05) is 5.39 Å². The number of amidine groups is 1. The van der Waals surface area contributed by atoms with Crippen LogP contribution in [0, 0.1) is 6.92 Å². The zero-order valence-electron chi connectivity index (χ0n) is 19.9. The number of aryl methyl sites for hydroxylation is 1. The molecule has 2 aromatic heterocycles. The highest BCUT2D eigenvalue weighted by atomic mass is 32.2. The van der Waals surface area contributed by atoms with E-state index in [9.17, 15) is 31.1 Å². The van der Waals surface area contributed by atoms with Crippen molar-refractivity contribution in [2.45, 2.75) is 32.4 Å². The highest BCUT2D eigenvalue weighted by molar-refractivity contribution is 8.18. The van der Waals surface area contributed by atoms with Gasteiger partial charge in [-0.2, -0.15) is 36.5 Å². The van der Waals surface area contributed by atoms with Crippen molar-refractivity contribution in [2.75, 3.05) is 0 Å². The number of amides is 1. The van der Waals surface area contributed by atoms with E-state index < -0.39 is 23.5 Å². The van der Waals surface area contributed by atoms with Gasteiger partial charge >= 0.3 is 12.4 Å². The fourth-order valence-electron chi connectivity index (χ4n) is 3.89. The molecule has 5 rings (SSSR count). The van der Waals surface area contributed by atoms with E-state index in [2.05, 4.69) is 30.6 Å². The topological polar surface area (TPSA) is 101 Å². The molecule has 0 aliphatic carbocycles. The third-order valence-electron chi connectivity index (χ3n) is 5.68. The fraction of sp³-hybridized carbons (Fsp3) is 0.208. The number of alkyl halides is 6. The Bertz CT molecular complexity index is 1630. The van der Waals surface area contributed by atoms with E-state index >= 15 is 0 Å². The maximum absolute atomic E-state index is 13.5. The summed E-state index contributed by atoms with van der Waals surface area (Å²) < 4.78 is 80.9. The molecule has 1 amide bonds. The molecule has 8 nitrogen and oxygen atoms in total. The first-order valence-electron chi connectivity index (χ1n) is 11.2. The number of H-pyrrole nitrogens is 1. The Balaban J connectivity index is 1.36. The minimum atomic E-state index is -4.98. The molecule has 3 heterocycles. The molecule has 2 aromatic carbocycles. The Morgan fingerprint density at radius 2 is 1.87 bits per heavy atom. The zero-order chi connectivity index (χ0) is 27.9. The normalized spacial score (nSPS) is 16.5. The third-order valence-corrected chi connectivity index (χ3v) is 6.63. The van der Waals surface area contributed by atoms with Gasteiger partial charge in [0.2, 0.25) is 0 Å². The number of hydrogen-bond acceptors (Lipinski definition) is 6. The number of hydrogen-bond donors (Lipinski definition) is 2. The van der Waals surface area contributed by atoms with Crippen LogP contribution in [-0.2, 0) is 30.2 Å². The number of aromatic nitrogens is 5. The summed E-state index contributed by atoms with van der Waals surface area (Å²) in [6.07, 6.45) is -6.82. The molecule has 1 saturated heterocycles. The number of rotatable bonds is 5. The fourth-order valence-corrected chi connectivity index (χ4v) is 4.71. The number of halogens is 6. The molecule has 39 heavy (non-hydrogen) atoms. The van der Waals surface area contributed by atoms with E-state index in [4.69, 9.17) is 0 Å². The van der Waals surface area contributed by atoms with Crippen LogP contribution in [-0.4, -0.2) is 36.0 Å². The first-order chi connectivity index (χ1) is 18.4. The van der Waals surface area contributed by atoms with Gasteiger partial charge < -0.3 is 5.32 Å². The number of aromatic amines is 1. The number of carbonyl (C=O) groups is 1. The molecule has 1 fully saturated rings. The molecule has 2 N–H and O–H groups in total. The van der Waals surface area contributed by atoms with Gasteiger partial charge in [0.05, 0.1) is 34.3 Å². The predicted octanol–water partition coefficient (Wildman–Crippen LogP) is 5.31. The lowest BCUT2D eigenvalue weighted by molar-refractivity contribution is -0.143. The molecule has 0 bridgehead atoms. The third kappa shape index (κ3) is 5.82. The molecule has 0 radical (unpaired) electrons. The van der Waals surface area contributed by atoms with Crippen molar-refractivity contribution in [3.05, 3.63) is 81.4 Å². The van der Waals surface area contributed by atoms with Crippen molar-refractivity contribution < 1.29 is 31.1 Å². The summed E-state index contributed by atoms with van der Waals surface area (Å²) in [4.78, 5) is 21.2. The van der Waals surface area contributed by atoms with E-state index in [1.165, 1.54) is 10.9 Å². The van der Waals surface area contributed by atoms with Gasteiger partial charge in [-0.15, -0.1) is 0 Å². The van der Waals surface area contributed by atoms with Gasteiger partial charge in [0.25, 0.3) is 5.91 Å². The molecule has 0 unspecified atom stereocenters. The first kappa shape index (κ1) is 26.5. The number of aliphatic imine (C=N–C) groups is 1. The van der Waals surface area contributed by atoms with Crippen LogP contribution < -0.4 is 5.32 Å². The highest BCUT2D eigenvalue weighted by Gasteiger charge is 2.38. The van der Waals surface area contributed by atoms with Gasteiger partial charge in [-0.3, -0.25) is 19.6 Å². The van der Waals surface area contributed by atoms with Crippen molar-refractivity contribution in [3.8, 4) is 0 Å². The largest absolute Gasteiger partial charge is 0.416 e. The summed E-state index contributed by atoms with van der Waals surface area (Å²) in [5.74, 6) is 0.781. The minimum Gasteiger partial charge on any atom is -0.301 e. The molecule has 1 aliphatic rings. The number of thioether (sulfide) groups is 1. The Hall–Kier alpha value is -4.14. The lowest BCUT2D eigenvalue weighted by Crippen LogP contribution is -2.19. The van der Waals surface area contributed by atoms with E-state index in [1.807, 2.05) is 0 Å². The predicted molar refractivity (Wildman–Crippen MR) is 131 cm³/mol. The molecule has 0 saturated carbocycles. The second-order valence-corrected chi connectivity index (χ2v) is 9.54. The van der Waals surface area contributed by atoms with Crippen molar-refractivity contribution in [2.24, 2.45) is 4.99 Å². The van der Waals surface area contributed by atoms with Crippen molar-refractivity contribution in [3.63, 3.8) is 0 Å². The number of nitrogens with one attached hydrogen (secondary N) is 2. The summed E-state index contributed by atoms with van der Waals surface area (Å²) in [7, 11) is 0. The van der Waals surface area contributed by atoms with E-state index in [1.54, 1.807) is 31.2 Å². The van der Waals surface area contributed by atoms with Crippen LogP contribution in [0.3, 0.4) is 0 Å². The second kappa shape index (κ2) is 9.87. The van der Waals surface area contributed by atoms with Crippen molar-refractivity contribution in [1.29, 1.82) is 0 Å². The molecule has 1 aliphatic heterocycles. The van der Waals surface area contributed by atoms with Crippen LogP contribution in [0.1, 0.15) is 33.9 Å². The maximum atomic E-state index is 13.5. The molecule has 15 heteroatoms. The standard InChI is InChI=1S/C24H17F6N7OS/c1-12-33-20(36-35-12)10-31-22-34-21(38)19(39-22)7-13-2-5-18-15(6-13)9-32-37(18)11-14-3-4-16(23(25,26)27)8-17(14)24(28,29)30/h2-9H,10-11H2,1H3,(H,31,34,38)(H,33,35,36). The highest BCUT2D eigenvalue weighted by Crippen LogP contribution is 2.38. The Labute approximate surface area is 220 Å². The smallest absolute Gasteiger partial charge is 0.301 e. The first-order valence-corrected chi connectivity index (χ1v) is 12.0. The Kier molecular flexibility index (Phi) is 6.70. The lowest BCUT2D eigenvalue weighted by atomic mass is 10.0. The number of nitrogens with zero attached hydrogens (tertiary/aromatic N) is 5. The number of carbonyl (C=O) groups excluding carboxylic acids is 1. The average molecular weight is 566 g/mol. The van der Waals surface area contributed by atoms with Gasteiger partial charge in [0.1, 0.15) is 12.4 Å². The number of fused-ring (bicyclic) bond motifs is 1. The van der Waals surface area contributed by atoms with Gasteiger partial charge in [-0.1, -0.05) is 12.1 Å². The summed E-state index contributed by atoms with van der Waals surface area (Å²) in [5.41, 5.74) is -2.00. The van der Waals surface area contributed by atoms with Gasteiger partial charge in [0.15, 0.2) is 11.0 Å². The quantitative estimate of drug-likeness (QED) is 0.252. The van der Waals surface area contributed by atoms with Crippen LogP contribution in [0.15, 0.2) is 52.5 Å². The Morgan fingerprint density at radius 1 is 1.08 bits per heavy atom. The maximum Gasteiger partial charge on any atom is 0.416 e. The van der Waals surface area contributed by atoms with Gasteiger partial charge in [-0.05, 0) is 60.2 Å². The summed E-state index contributed by atoms with van der Waals surface area (Å²) >= 11 is 1.14. The Morgan fingerprint density at radius 3 is 2.56 bits per heavy atom. The second-order valence-electron chi connectivity index (χ2n) is 8.51. The van der Waals surface area contributed by atoms with Gasteiger partial charge in [-0.25, -0.2) is 4.98 Å². The monoisotopic (exact) mass is 565 g/mol. The van der Waals surface area contributed by atoms with Crippen LogP contribution in [0.4, 0.5) is 26.3 Å². The molecule has 0 spiro atoms. The lowest BCUT2D eigenvalue weighted by Gasteiger charge is -2.16. The zero-order valence-corrected chi connectivity index (χ0v) is 20.7. The average Bonchev–Trinajstić information content (AvgIpc) is 3.55. The van der Waals surface area contributed by atoms with Crippen LogP contribution >= 0.6 is 11.8 Å². The molecule has 4 aromatic rings. The van der Waals surface area contributed by atoms with Crippen molar-refractivity contribution >= 4 is 39.8 Å². The van der Waals surface area contributed by atoms with E-state index in [0.717, 1.165) is 17.8 Å². The molecular weight excluding hydrogens is 548 g/mol. The minimum absolute atomic E-state index is 0.111. The van der Waals surface area contributed by atoms with E-state index in [-0.39, 0.29) is 30.6 Å². The SMILES string of the molecule is Cc1nc(CN=C2NC(=O)C(=Cc3ccc4c(cnn4Cc4ccc(C(F)(F)F)cc4C(F)(F)F)c3)S2)n[nH]1.